The molecule has 0 aromatic heterocycles. The number of hydrogen-bond acceptors (Lipinski definition) is 4. The van der Waals surface area contributed by atoms with Crippen LogP contribution in [-0.2, 0) is 0 Å². The number of nitro groups is 1. The van der Waals surface area contributed by atoms with Gasteiger partial charge in [-0.05, 0) is 26.8 Å². The number of hydrogen-bond donors (Lipinski definition) is 0. The first-order valence-electron chi connectivity index (χ1n) is 5.46. The van der Waals surface area contributed by atoms with Gasteiger partial charge in [0.15, 0.2) is 0 Å². The van der Waals surface area contributed by atoms with Gasteiger partial charge in [-0.2, -0.15) is 5.26 Å². The van der Waals surface area contributed by atoms with Crippen molar-refractivity contribution in [2.24, 2.45) is 0 Å². The number of nitro benzene ring substituents is 1. The number of benzene rings is 1. The molecule has 0 saturated carbocycles. The van der Waals surface area contributed by atoms with Crippen molar-refractivity contribution in [1.82, 2.24) is 0 Å². The van der Waals surface area contributed by atoms with E-state index in [0.717, 1.165) is 12.2 Å². The van der Waals surface area contributed by atoms with Crippen LogP contribution in [0.15, 0.2) is 18.2 Å². The molecule has 0 aliphatic rings. The molecule has 0 N–H and O–H groups in total. The summed E-state index contributed by atoms with van der Waals surface area (Å²) in [6.07, 6.45) is 0. The summed E-state index contributed by atoms with van der Waals surface area (Å²) in [4.78, 5) is 12.2. The minimum absolute atomic E-state index is 0.0508. The van der Waals surface area contributed by atoms with Gasteiger partial charge >= 0.3 is 0 Å². The molecule has 90 valence electrons. The summed E-state index contributed by atoms with van der Waals surface area (Å²) in [5, 5.41) is 19.7. The van der Waals surface area contributed by atoms with Crippen LogP contribution >= 0.6 is 0 Å². The van der Waals surface area contributed by atoms with Gasteiger partial charge in [0.1, 0.15) is 6.07 Å². The maximum Gasteiger partial charge on any atom is 0.270 e. The standard InChI is InChI=1S/C12H15N3O2/c1-4-14(9(2)3)12-6-5-11(15(16)17)7-10(12)8-13/h5-7,9H,4H2,1-3H3. The Balaban J connectivity index is 3.26. The van der Waals surface area contributed by atoms with E-state index in [2.05, 4.69) is 0 Å². The van der Waals surface area contributed by atoms with Crippen molar-refractivity contribution in [3.8, 4) is 6.07 Å². The molecule has 1 aromatic rings. The fraction of sp³-hybridized carbons (Fsp3) is 0.417. The zero-order chi connectivity index (χ0) is 13.0. The molecule has 0 atom stereocenters. The number of anilines is 1. The zero-order valence-corrected chi connectivity index (χ0v) is 10.2. The monoisotopic (exact) mass is 233 g/mol. The molecule has 0 aliphatic carbocycles. The lowest BCUT2D eigenvalue weighted by molar-refractivity contribution is -0.384. The summed E-state index contributed by atoms with van der Waals surface area (Å²) < 4.78 is 0. The lowest BCUT2D eigenvalue weighted by Crippen LogP contribution is -2.30. The SMILES string of the molecule is CCN(c1ccc([N+](=O)[O-])cc1C#N)C(C)C. The summed E-state index contributed by atoms with van der Waals surface area (Å²) in [6, 6.07) is 6.65. The maximum atomic E-state index is 10.6. The largest absolute Gasteiger partial charge is 0.368 e. The van der Waals surface area contributed by atoms with E-state index in [9.17, 15) is 10.1 Å². The van der Waals surface area contributed by atoms with Gasteiger partial charge in [-0.15, -0.1) is 0 Å². The molecular formula is C12H15N3O2. The van der Waals surface area contributed by atoms with E-state index >= 15 is 0 Å². The average Bonchev–Trinajstić information content (AvgIpc) is 2.29. The van der Waals surface area contributed by atoms with Gasteiger partial charge in [-0.25, -0.2) is 0 Å². The van der Waals surface area contributed by atoms with E-state index in [1.54, 1.807) is 6.07 Å². The Morgan fingerprint density at radius 2 is 2.18 bits per heavy atom. The molecule has 0 heterocycles. The predicted molar refractivity (Wildman–Crippen MR) is 66.0 cm³/mol. The average molecular weight is 233 g/mol. The van der Waals surface area contributed by atoms with Gasteiger partial charge in [0.2, 0.25) is 0 Å². The van der Waals surface area contributed by atoms with Crippen LogP contribution in [0, 0.1) is 21.4 Å². The predicted octanol–water partition coefficient (Wildman–Crippen LogP) is 2.70. The first kappa shape index (κ1) is 13.0. The fourth-order valence-corrected chi connectivity index (χ4v) is 1.79. The first-order chi connectivity index (χ1) is 8.01. The Labute approximate surface area is 100 Å². The van der Waals surface area contributed by atoms with Crippen molar-refractivity contribution in [2.75, 3.05) is 11.4 Å². The van der Waals surface area contributed by atoms with Crippen LogP contribution in [0.2, 0.25) is 0 Å². The minimum atomic E-state index is -0.490. The number of nitriles is 1. The molecule has 0 bridgehead atoms. The summed E-state index contributed by atoms with van der Waals surface area (Å²) >= 11 is 0. The highest BCUT2D eigenvalue weighted by Gasteiger charge is 2.16. The molecule has 0 aliphatic heterocycles. The van der Waals surface area contributed by atoms with Gasteiger partial charge in [-0.3, -0.25) is 10.1 Å². The number of non-ortho nitro benzene ring substituents is 1. The molecule has 5 nitrogen and oxygen atoms in total. The molecule has 0 spiro atoms. The van der Waals surface area contributed by atoms with E-state index < -0.39 is 4.92 Å². The van der Waals surface area contributed by atoms with Crippen LogP contribution < -0.4 is 4.90 Å². The third kappa shape index (κ3) is 2.72. The van der Waals surface area contributed by atoms with Crippen molar-refractivity contribution in [3.05, 3.63) is 33.9 Å². The third-order valence-electron chi connectivity index (χ3n) is 2.58. The lowest BCUT2D eigenvalue weighted by Gasteiger charge is -2.28. The van der Waals surface area contributed by atoms with Crippen LogP contribution in [0.3, 0.4) is 0 Å². The maximum absolute atomic E-state index is 10.6. The van der Waals surface area contributed by atoms with Gasteiger partial charge in [0.25, 0.3) is 5.69 Å². The van der Waals surface area contributed by atoms with Crippen molar-refractivity contribution < 1.29 is 4.92 Å². The molecule has 0 amide bonds. The molecule has 0 fully saturated rings. The van der Waals surface area contributed by atoms with Crippen LogP contribution in [0.1, 0.15) is 26.3 Å². The third-order valence-corrected chi connectivity index (χ3v) is 2.58. The Kier molecular flexibility index (Phi) is 4.05. The molecule has 0 radical (unpaired) electrons. The summed E-state index contributed by atoms with van der Waals surface area (Å²) in [5.74, 6) is 0. The van der Waals surface area contributed by atoms with E-state index in [1.165, 1.54) is 12.1 Å². The van der Waals surface area contributed by atoms with Crippen LogP contribution in [0.4, 0.5) is 11.4 Å². The van der Waals surface area contributed by atoms with E-state index in [0.29, 0.717) is 5.56 Å². The molecular weight excluding hydrogens is 218 g/mol. The highest BCUT2D eigenvalue weighted by atomic mass is 16.6. The zero-order valence-electron chi connectivity index (χ0n) is 10.2. The second-order valence-corrected chi connectivity index (χ2v) is 3.95. The van der Waals surface area contributed by atoms with Crippen molar-refractivity contribution in [2.45, 2.75) is 26.8 Å². The van der Waals surface area contributed by atoms with E-state index in [1.807, 2.05) is 31.7 Å². The fourth-order valence-electron chi connectivity index (χ4n) is 1.79. The number of rotatable bonds is 4. The quantitative estimate of drug-likeness (QED) is 0.592. The minimum Gasteiger partial charge on any atom is -0.368 e. The highest BCUT2D eigenvalue weighted by Crippen LogP contribution is 2.26. The van der Waals surface area contributed by atoms with E-state index in [-0.39, 0.29) is 11.7 Å². The van der Waals surface area contributed by atoms with Gasteiger partial charge in [-0.1, -0.05) is 0 Å². The molecule has 0 unspecified atom stereocenters. The van der Waals surface area contributed by atoms with Gasteiger partial charge in [0.05, 0.1) is 16.2 Å². The van der Waals surface area contributed by atoms with Gasteiger partial charge in [0, 0.05) is 24.7 Å². The highest BCUT2D eigenvalue weighted by molar-refractivity contribution is 5.63. The van der Waals surface area contributed by atoms with Crippen molar-refractivity contribution in [1.29, 1.82) is 5.26 Å². The molecule has 1 aromatic carbocycles. The molecule has 1 rings (SSSR count). The van der Waals surface area contributed by atoms with Crippen LogP contribution in [-0.4, -0.2) is 17.5 Å². The number of nitrogens with zero attached hydrogens (tertiary/aromatic N) is 3. The Morgan fingerprint density at radius 3 is 2.59 bits per heavy atom. The van der Waals surface area contributed by atoms with E-state index in [4.69, 9.17) is 5.26 Å². The molecule has 5 heteroatoms. The summed E-state index contributed by atoms with van der Waals surface area (Å²) in [7, 11) is 0. The van der Waals surface area contributed by atoms with Crippen molar-refractivity contribution in [3.63, 3.8) is 0 Å². The normalized spacial score (nSPS) is 10.1. The lowest BCUT2D eigenvalue weighted by atomic mass is 10.1. The summed E-state index contributed by atoms with van der Waals surface area (Å²) in [5.41, 5.74) is 1.04. The van der Waals surface area contributed by atoms with Crippen LogP contribution in [0.5, 0.6) is 0 Å². The first-order valence-corrected chi connectivity index (χ1v) is 5.46. The Bertz CT molecular complexity index is 463. The molecule has 17 heavy (non-hydrogen) atoms. The summed E-state index contributed by atoms with van der Waals surface area (Å²) in [6.45, 7) is 6.78. The topological polar surface area (TPSA) is 70.2 Å². The van der Waals surface area contributed by atoms with Crippen molar-refractivity contribution >= 4 is 11.4 Å². The smallest absolute Gasteiger partial charge is 0.270 e. The Morgan fingerprint density at radius 1 is 1.53 bits per heavy atom. The van der Waals surface area contributed by atoms with Gasteiger partial charge < -0.3 is 4.90 Å². The molecule has 0 saturated heterocycles. The second-order valence-electron chi connectivity index (χ2n) is 3.95. The second kappa shape index (κ2) is 5.30. The van der Waals surface area contributed by atoms with Crippen LogP contribution in [0.25, 0.3) is 0 Å². The Hall–Kier alpha value is -2.09.